The van der Waals surface area contributed by atoms with Crippen LogP contribution in [0.5, 0.6) is 5.75 Å². The van der Waals surface area contributed by atoms with E-state index in [0.717, 1.165) is 0 Å². The van der Waals surface area contributed by atoms with Crippen LogP contribution in [0.2, 0.25) is 15.3 Å². The van der Waals surface area contributed by atoms with E-state index in [9.17, 15) is 9.59 Å². The highest BCUT2D eigenvalue weighted by Crippen LogP contribution is 2.42. The Morgan fingerprint density at radius 3 is 2.53 bits per heavy atom. The first kappa shape index (κ1) is 26.6. The van der Waals surface area contributed by atoms with Crippen molar-refractivity contribution in [2.75, 3.05) is 31.6 Å². The number of carbonyl (C=O) groups is 2. The van der Waals surface area contributed by atoms with Crippen molar-refractivity contribution in [1.82, 2.24) is 24.6 Å². The zero-order chi connectivity index (χ0) is 26.5. The lowest BCUT2D eigenvalue weighted by Crippen LogP contribution is -2.58. The van der Waals surface area contributed by atoms with Crippen LogP contribution in [0.25, 0.3) is 0 Å². The predicted molar refractivity (Wildman–Crippen MR) is 138 cm³/mol. The highest BCUT2D eigenvalue weighted by Gasteiger charge is 2.40. The Morgan fingerprint density at radius 1 is 1.19 bits per heavy atom. The lowest BCUT2D eigenvalue weighted by molar-refractivity contribution is 0.000958. The quantitative estimate of drug-likeness (QED) is 0.508. The number of carbonyl (C=O) groups excluding carboxylic acids is 2. The van der Waals surface area contributed by atoms with Gasteiger partial charge in [-0.2, -0.15) is 5.10 Å². The smallest absolute Gasteiger partial charge is 0.410 e. The molecule has 10 nitrogen and oxygen atoms in total. The molecule has 4 rings (SSSR count). The average molecular weight is 560 g/mol. The largest absolute Gasteiger partial charge is 0.489 e. The maximum absolute atomic E-state index is 13.8. The van der Waals surface area contributed by atoms with Crippen LogP contribution in [0, 0.1) is 6.92 Å². The van der Waals surface area contributed by atoms with Gasteiger partial charge in [0.15, 0.2) is 16.1 Å². The molecule has 13 heteroatoms. The van der Waals surface area contributed by atoms with Crippen molar-refractivity contribution in [3.63, 3.8) is 0 Å². The van der Waals surface area contributed by atoms with Crippen LogP contribution in [0.15, 0.2) is 0 Å². The van der Waals surface area contributed by atoms with Gasteiger partial charge in [-0.15, -0.1) is 0 Å². The summed E-state index contributed by atoms with van der Waals surface area (Å²) in [7, 11) is 0. The highest BCUT2D eigenvalue weighted by molar-refractivity contribution is 6.42. The number of aromatic nitrogens is 3. The van der Waals surface area contributed by atoms with Gasteiger partial charge in [-0.05, 0) is 41.5 Å². The van der Waals surface area contributed by atoms with E-state index in [1.54, 1.807) is 14.5 Å². The monoisotopic (exact) mass is 558 g/mol. The molecule has 0 unspecified atom stereocenters. The number of amides is 2. The number of nitrogens with zero attached hydrogens (tertiary/aromatic N) is 5. The minimum Gasteiger partial charge on any atom is -0.489 e. The molecule has 0 aliphatic carbocycles. The summed E-state index contributed by atoms with van der Waals surface area (Å²) in [6, 6.07) is -0.427. The van der Waals surface area contributed by atoms with E-state index in [-0.39, 0.29) is 52.4 Å². The highest BCUT2D eigenvalue weighted by atomic mass is 35.5. The van der Waals surface area contributed by atoms with Gasteiger partial charge < -0.3 is 24.6 Å². The number of hydrogen-bond donors (Lipinski definition) is 1. The van der Waals surface area contributed by atoms with Crippen molar-refractivity contribution < 1.29 is 19.1 Å². The van der Waals surface area contributed by atoms with Crippen molar-refractivity contribution in [2.45, 2.75) is 59.2 Å². The van der Waals surface area contributed by atoms with E-state index in [0.29, 0.717) is 29.6 Å². The summed E-state index contributed by atoms with van der Waals surface area (Å²) >= 11 is 19.1. The molecule has 2 aromatic heterocycles. The first-order valence-corrected chi connectivity index (χ1v) is 12.7. The van der Waals surface area contributed by atoms with E-state index in [4.69, 9.17) is 44.3 Å². The summed E-state index contributed by atoms with van der Waals surface area (Å²) in [6.07, 6.45) is -0.434. The third kappa shape index (κ3) is 5.03. The second kappa shape index (κ2) is 9.79. The van der Waals surface area contributed by atoms with Gasteiger partial charge in [0.05, 0.1) is 6.04 Å². The Labute approximate surface area is 224 Å². The minimum atomic E-state index is -0.625. The summed E-state index contributed by atoms with van der Waals surface area (Å²) < 4.78 is 13.2. The molecular weight excluding hydrogens is 531 g/mol. The number of ether oxygens (including phenoxy) is 2. The van der Waals surface area contributed by atoms with Crippen LogP contribution >= 0.6 is 34.8 Å². The minimum absolute atomic E-state index is 0.0136. The average Bonchev–Trinajstić information content (AvgIpc) is 2.98. The Bertz CT molecular complexity index is 1210. The van der Waals surface area contributed by atoms with Crippen LogP contribution in [0.3, 0.4) is 0 Å². The normalized spacial score (nSPS) is 17.9. The summed E-state index contributed by atoms with van der Waals surface area (Å²) in [5.41, 5.74) is 0.225. The molecular formula is C23H29Cl3N6O4. The van der Waals surface area contributed by atoms with Crippen molar-refractivity contribution in [1.29, 1.82) is 0 Å². The maximum atomic E-state index is 13.8. The molecule has 2 amide bonds. The van der Waals surface area contributed by atoms with Gasteiger partial charge in [0.25, 0.3) is 5.91 Å². The SMILES string of the molecule is Cc1c(Cl)nn(C(C)C)c1Nc1nc(Cl)c(Cl)c2c1C(=O)N1CCN(C(=O)OC(C)(C)C)C[C@@H]1CO2. The molecule has 2 aliphatic rings. The molecule has 1 atom stereocenters. The number of fused-ring (bicyclic) bond motifs is 2. The fourth-order valence-electron chi connectivity index (χ4n) is 4.15. The number of halogens is 3. The second-order valence-electron chi connectivity index (χ2n) is 10.1. The molecule has 2 aromatic rings. The summed E-state index contributed by atoms with van der Waals surface area (Å²) in [5, 5.41) is 7.92. The molecule has 0 bridgehead atoms. The van der Waals surface area contributed by atoms with Crippen molar-refractivity contribution >= 4 is 58.4 Å². The number of hydrogen-bond acceptors (Lipinski definition) is 7. The molecule has 1 N–H and O–H groups in total. The predicted octanol–water partition coefficient (Wildman–Crippen LogP) is 5.33. The first-order valence-electron chi connectivity index (χ1n) is 11.6. The Morgan fingerprint density at radius 2 is 1.89 bits per heavy atom. The second-order valence-corrected chi connectivity index (χ2v) is 11.2. The molecule has 0 aromatic carbocycles. The number of piperazine rings is 1. The van der Waals surface area contributed by atoms with Gasteiger partial charge in [-0.25, -0.2) is 14.5 Å². The molecule has 1 saturated heterocycles. The van der Waals surface area contributed by atoms with Crippen LogP contribution in [0.1, 0.15) is 56.6 Å². The van der Waals surface area contributed by atoms with Crippen molar-refractivity contribution in [3.05, 3.63) is 26.5 Å². The van der Waals surface area contributed by atoms with E-state index in [1.165, 1.54) is 0 Å². The van der Waals surface area contributed by atoms with Crippen LogP contribution in [0.4, 0.5) is 16.4 Å². The maximum Gasteiger partial charge on any atom is 0.410 e. The number of pyridine rings is 1. The van der Waals surface area contributed by atoms with E-state index >= 15 is 0 Å². The van der Waals surface area contributed by atoms with Gasteiger partial charge in [0.2, 0.25) is 0 Å². The zero-order valence-electron chi connectivity index (χ0n) is 21.0. The van der Waals surface area contributed by atoms with Crippen LogP contribution in [-0.2, 0) is 4.74 Å². The van der Waals surface area contributed by atoms with Crippen molar-refractivity contribution in [3.8, 4) is 5.75 Å². The van der Waals surface area contributed by atoms with E-state index in [2.05, 4.69) is 15.4 Å². The third-order valence-corrected chi connectivity index (χ3v) is 6.98. The summed E-state index contributed by atoms with van der Waals surface area (Å²) in [6.45, 7) is 12.1. The molecule has 0 radical (unpaired) electrons. The van der Waals surface area contributed by atoms with Gasteiger partial charge in [0, 0.05) is 31.2 Å². The lowest BCUT2D eigenvalue weighted by Gasteiger charge is -2.40. The van der Waals surface area contributed by atoms with Crippen LogP contribution < -0.4 is 10.1 Å². The van der Waals surface area contributed by atoms with Gasteiger partial charge in [-0.1, -0.05) is 34.8 Å². The third-order valence-electron chi connectivity index (χ3n) is 5.90. The number of rotatable bonds is 3. The fraction of sp³-hybridized carbons (Fsp3) is 0.565. The fourth-order valence-corrected chi connectivity index (χ4v) is 4.68. The molecule has 0 saturated carbocycles. The molecule has 4 heterocycles. The van der Waals surface area contributed by atoms with Crippen molar-refractivity contribution in [2.24, 2.45) is 0 Å². The number of anilines is 2. The van der Waals surface area contributed by atoms with Crippen LogP contribution in [-0.4, -0.2) is 74.4 Å². The van der Waals surface area contributed by atoms with Gasteiger partial charge in [0.1, 0.15) is 34.4 Å². The van der Waals surface area contributed by atoms with E-state index < -0.39 is 17.7 Å². The van der Waals surface area contributed by atoms with Gasteiger partial charge in [-0.3, -0.25) is 4.79 Å². The Kier molecular flexibility index (Phi) is 7.24. The topological polar surface area (TPSA) is 102 Å². The molecule has 196 valence electrons. The lowest BCUT2D eigenvalue weighted by atomic mass is 10.1. The Balaban J connectivity index is 1.69. The summed E-state index contributed by atoms with van der Waals surface area (Å²) in [5.74, 6) is 0.568. The molecule has 2 aliphatic heterocycles. The first-order chi connectivity index (χ1) is 16.8. The Hall–Kier alpha value is -2.43. The standard InChI is InChI=1S/C23H29Cl3N6O4/c1-11(2)32-20(12(3)17(25)29-32)28-19-14-16(15(24)18(26)27-19)35-10-13-9-30(7-8-31(13)21(14)33)22(34)36-23(4,5)6/h11,13H,7-10H2,1-6H3,(H,27,28)/t13-/m1/s1. The number of nitrogens with one attached hydrogen (secondary N) is 1. The zero-order valence-corrected chi connectivity index (χ0v) is 23.3. The summed E-state index contributed by atoms with van der Waals surface area (Å²) in [4.78, 5) is 34.1. The molecule has 36 heavy (non-hydrogen) atoms. The van der Waals surface area contributed by atoms with Gasteiger partial charge >= 0.3 is 6.09 Å². The van der Waals surface area contributed by atoms with E-state index in [1.807, 2.05) is 41.5 Å². The molecule has 0 spiro atoms. The molecule has 1 fully saturated rings.